The summed E-state index contributed by atoms with van der Waals surface area (Å²) >= 11 is 0. The van der Waals surface area contributed by atoms with Gasteiger partial charge >= 0.3 is 5.97 Å². The summed E-state index contributed by atoms with van der Waals surface area (Å²) in [6.45, 7) is 0.800. The summed E-state index contributed by atoms with van der Waals surface area (Å²) in [7, 11) is 0. The number of rotatable bonds is 6. The molecule has 0 unspecified atom stereocenters. The molecule has 0 bridgehead atoms. The van der Waals surface area contributed by atoms with Gasteiger partial charge in [0.1, 0.15) is 18.2 Å². The maximum Gasteiger partial charge on any atom is 0.325 e. The molecule has 136 valence electrons. The summed E-state index contributed by atoms with van der Waals surface area (Å²) < 4.78 is 30.7. The van der Waals surface area contributed by atoms with E-state index in [4.69, 9.17) is 0 Å². The predicted octanol–water partition coefficient (Wildman–Crippen LogP) is 2.18. The molecule has 0 spiro atoms. The van der Waals surface area contributed by atoms with Crippen LogP contribution in [-0.4, -0.2) is 30.9 Å². The van der Waals surface area contributed by atoms with E-state index in [1.54, 1.807) is 24.3 Å². The Bertz CT molecular complexity index is 802. The zero-order chi connectivity index (χ0) is 19.1. The van der Waals surface area contributed by atoms with Crippen molar-refractivity contribution in [1.82, 2.24) is 5.32 Å². The number of amides is 2. The highest BCUT2D eigenvalue weighted by Gasteiger charge is 2.11. The summed E-state index contributed by atoms with van der Waals surface area (Å²) in [5.74, 6) is -3.76. The SMILES string of the molecule is Cc1ccc(C(=O)NCC(=O)OCC(=O)Nc2cc(F)cc(F)c2)cc1. The molecule has 2 amide bonds. The van der Waals surface area contributed by atoms with Gasteiger partial charge in [-0.1, -0.05) is 17.7 Å². The first kappa shape index (κ1) is 19.0. The second-order valence-electron chi connectivity index (χ2n) is 5.42. The predicted molar refractivity (Wildman–Crippen MR) is 89.5 cm³/mol. The molecule has 2 aromatic rings. The molecule has 26 heavy (non-hydrogen) atoms. The number of carbonyl (C=O) groups excluding carboxylic acids is 3. The van der Waals surface area contributed by atoms with E-state index in [-0.39, 0.29) is 5.69 Å². The molecular weight excluding hydrogens is 346 g/mol. The third-order valence-corrected chi connectivity index (χ3v) is 3.22. The number of aryl methyl sites for hydroxylation is 1. The van der Waals surface area contributed by atoms with Crippen molar-refractivity contribution < 1.29 is 27.9 Å². The average Bonchev–Trinajstić information content (AvgIpc) is 2.57. The molecule has 2 N–H and O–H groups in total. The number of hydrogen-bond donors (Lipinski definition) is 2. The number of hydrogen-bond acceptors (Lipinski definition) is 4. The van der Waals surface area contributed by atoms with Gasteiger partial charge in [0.05, 0.1) is 0 Å². The molecule has 0 fully saturated rings. The summed E-state index contributed by atoms with van der Waals surface area (Å²) in [6, 6.07) is 9.24. The largest absolute Gasteiger partial charge is 0.454 e. The molecule has 0 aliphatic heterocycles. The normalized spacial score (nSPS) is 10.1. The average molecular weight is 362 g/mol. The van der Waals surface area contributed by atoms with Crippen LogP contribution in [-0.2, 0) is 14.3 Å². The van der Waals surface area contributed by atoms with Crippen molar-refractivity contribution in [2.24, 2.45) is 0 Å². The highest BCUT2D eigenvalue weighted by molar-refractivity contribution is 5.96. The molecule has 6 nitrogen and oxygen atoms in total. The Hall–Kier alpha value is -3.29. The van der Waals surface area contributed by atoms with Gasteiger partial charge in [0, 0.05) is 17.3 Å². The number of benzene rings is 2. The molecule has 0 heterocycles. The lowest BCUT2D eigenvalue weighted by molar-refractivity contribution is -0.146. The second kappa shape index (κ2) is 8.70. The third kappa shape index (κ3) is 5.97. The van der Waals surface area contributed by atoms with Crippen LogP contribution in [0.4, 0.5) is 14.5 Å². The fourth-order valence-corrected chi connectivity index (χ4v) is 1.98. The van der Waals surface area contributed by atoms with E-state index in [0.29, 0.717) is 11.6 Å². The Morgan fingerprint density at radius 1 is 1.00 bits per heavy atom. The lowest BCUT2D eigenvalue weighted by atomic mass is 10.1. The summed E-state index contributed by atoms with van der Waals surface area (Å²) in [4.78, 5) is 35.0. The van der Waals surface area contributed by atoms with Crippen LogP contribution in [0, 0.1) is 18.6 Å². The van der Waals surface area contributed by atoms with Gasteiger partial charge in [-0.25, -0.2) is 8.78 Å². The third-order valence-electron chi connectivity index (χ3n) is 3.22. The van der Waals surface area contributed by atoms with Crippen molar-refractivity contribution in [3.05, 3.63) is 65.2 Å². The van der Waals surface area contributed by atoms with E-state index in [0.717, 1.165) is 17.7 Å². The van der Waals surface area contributed by atoms with Gasteiger partial charge in [-0.15, -0.1) is 0 Å². The number of halogens is 2. The maximum absolute atomic E-state index is 13.0. The fourth-order valence-electron chi connectivity index (χ4n) is 1.98. The molecule has 0 aliphatic rings. The van der Waals surface area contributed by atoms with Crippen molar-refractivity contribution in [2.45, 2.75) is 6.92 Å². The Kier molecular flexibility index (Phi) is 6.37. The van der Waals surface area contributed by atoms with Crippen LogP contribution in [0.15, 0.2) is 42.5 Å². The van der Waals surface area contributed by atoms with E-state index >= 15 is 0 Å². The lowest BCUT2D eigenvalue weighted by Crippen LogP contribution is -2.32. The van der Waals surface area contributed by atoms with Crippen molar-refractivity contribution in [2.75, 3.05) is 18.5 Å². The minimum atomic E-state index is -0.851. The first-order chi connectivity index (χ1) is 12.3. The summed E-state index contributed by atoms with van der Waals surface area (Å²) in [5.41, 5.74) is 1.27. The van der Waals surface area contributed by atoms with Crippen molar-refractivity contribution >= 4 is 23.5 Å². The molecular formula is C18H16F2N2O4. The molecule has 2 rings (SSSR count). The number of ether oxygens (including phenoxy) is 1. The van der Waals surface area contributed by atoms with E-state index in [2.05, 4.69) is 15.4 Å². The van der Waals surface area contributed by atoms with Gasteiger partial charge in [-0.3, -0.25) is 14.4 Å². The van der Waals surface area contributed by atoms with Gasteiger partial charge in [0.25, 0.3) is 11.8 Å². The second-order valence-corrected chi connectivity index (χ2v) is 5.42. The highest BCUT2D eigenvalue weighted by Crippen LogP contribution is 2.12. The highest BCUT2D eigenvalue weighted by atomic mass is 19.1. The molecule has 2 aromatic carbocycles. The van der Waals surface area contributed by atoms with Crippen LogP contribution in [0.3, 0.4) is 0 Å². The standard InChI is InChI=1S/C18H16F2N2O4/c1-11-2-4-12(5-3-11)18(25)21-9-17(24)26-10-16(23)22-15-7-13(19)6-14(20)8-15/h2-8H,9-10H2,1H3,(H,21,25)(H,22,23). The van der Waals surface area contributed by atoms with Gasteiger partial charge in [-0.2, -0.15) is 0 Å². The molecule has 8 heteroatoms. The van der Waals surface area contributed by atoms with E-state index in [1.165, 1.54) is 0 Å². The zero-order valence-electron chi connectivity index (χ0n) is 13.8. The Labute approximate surface area is 148 Å². The Balaban J connectivity index is 1.74. The minimum absolute atomic E-state index is 0.101. The number of esters is 1. The van der Waals surface area contributed by atoms with Gasteiger partial charge in [-0.05, 0) is 31.2 Å². The van der Waals surface area contributed by atoms with E-state index in [1.807, 2.05) is 6.92 Å². The molecule has 0 radical (unpaired) electrons. The quantitative estimate of drug-likeness (QED) is 0.772. The minimum Gasteiger partial charge on any atom is -0.454 e. The molecule has 0 aromatic heterocycles. The molecule has 0 aliphatic carbocycles. The molecule has 0 atom stereocenters. The number of nitrogens with one attached hydrogen (secondary N) is 2. The maximum atomic E-state index is 13.0. The van der Waals surface area contributed by atoms with Crippen LogP contribution < -0.4 is 10.6 Å². The molecule has 0 saturated heterocycles. The van der Waals surface area contributed by atoms with E-state index in [9.17, 15) is 23.2 Å². The summed E-state index contributed by atoms with van der Waals surface area (Å²) in [6.07, 6.45) is 0. The van der Waals surface area contributed by atoms with Crippen molar-refractivity contribution in [3.8, 4) is 0 Å². The van der Waals surface area contributed by atoms with Gasteiger partial charge in [0.15, 0.2) is 6.61 Å². The zero-order valence-corrected chi connectivity index (χ0v) is 13.8. The Morgan fingerprint density at radius 3 is 2.23 bits per heavy atom. The van der Waals surface area contributed by atoms with Crippen LogP contribution in [0.5, 0.6) is 0 Å². The monoisotopic (exact) mass is 362 g/mol. The van der Waals surface area contributed by atoms with Gasteiger partial charge < -0.3 is 15.4 Å². The topological polar surface area (TPSA) is 84.5 Å². The fraction of sp³-hybridized carbons (Fsp3) is 0.167. The van der Waals surface area contributed by atoms with Crippen LogP contribution >= 0.6 is 0 Å². The van der Waals surface area contributed by atoms with Crippen molar-refractivity contribution in [1.29, 1.82) is 0 Å². The first-order valence-electron chi connectivity index (χ1n) is 7.60. The summed E-state index contributed by atoms with van der Waals surface area (Å²) in [5, 5.41) is 4.55. The first-order valence-corrected chi connectivity index (χ1v) is 7.60. The molecule has 0 saturated carbocycles. The number of carbonyl (C=O) groups is 3. The van der Waals surface area contributed by atoms with Gasteiger partial charge in [0.2, 0.25) is 0 Å². The van der Waals surface area contributed by atoms with Crippen LogP contribution in [0.1, 0.15) is 15.9 Å². The van der Waals surface area contributed by atoms with Crippen LogP contribution in [0.2, 0.25) is 0 Å². The Morgan fingerprint density at radius 2 is 1.62 bits per heavy atom. The lowest BCUT2D eigenvalue weighted by Gasteiger charge is -2.08. The van der Waals surface area contributed by atoms with Crippen molar-refractivity contribution in [3.63, 3.8) is 0 Å². The smallest absolute Gasteiger partial charge is 0.325 e. The van der Waals surface area contributed by atoms with E-state index < -0.39 is 42.6 Å². The number of anilines is 1. The van der Waals surface area contributed by atoms with Crippen LogP contribution in [0.25, 0.3) is 0 Å².